The summed E-state index contributed by atoms with van der Waals surface area (Å²) < 4.78 is 44.2. The molecule has 166 valence electrons. The van der Waals surface area contributed by atoms with Crippen molar-refractivity contribution in [1.82, 2.24) is 15.4 Å². The van der Waals surface area contributed by atoms with E-state index in [1.807, 2.05) is 41.5 Å². The van der Waals surface area contributed by atoms with E-state index in [0.717, 1.165) is 18.7 Å². The van der Waals surface area contributed by atoms with Crippen molar-refractivity contribution in [3.63, 3.8) is 0 Å². The minimum Gasteiger partial charge on any atom is -0.355 e. The van der Waals surface area contributed by atoms with E-state index in [0.29, 0.717) is 23.4 Å². The molecular weight excluding hydrogens is 395 g/mol. The fourth-order valence-corrected chi connectivity index (χ4v) is 2.98. The first kappa shape index (κ1) is 23.9. The summed E-state index contributed by atoms with van der Waals surface area (Å²) in [6.07, 6.45) is -4.42. The molecule has 2 aromatic rings. The number of amides is 1. The summed E-state index contributed by atoms with van der Waals surface area (Å²) in [6.45, 7) is 13.1. The number of nitrogens with zero attached hydrogens (tertiary/aromatic N) is 2. The quantitative estimate of drug-likeness (QED) is 0.618. The number of carbonyl (C=O) groups is 1. The molecule has 0 saturated carbocycles. The minimum atomic E-state index is -4.42. The lowest BCUT2D eigenvalue weighted by atomic mass is 10.0. The summed E-state index contributed by atoms with van der Waals surface area (Å²) in [6, 6.07) is 4.83. The van der Waals surface area contributed by atoms with E-state index in [2.05, 4.69) is 15.4 Å². The third-order valence-corrected chi connectivity index (χ3v) is 5.33. The van der Waals surface area contributed by atoms with Crippen molar-refractivity contribution in [1.29, 1.82) is 0 Å². The van der Waals surface area contributed by atoms with Gasteiger partial charge in [0.05, 0.1) is 5.56 Å². The highest BCUT2D eigenvalue weighted by Crippen LogP contribution is 2.33. The van der Waals surface area contributed by atoms with E-state index in [1.54, 1.807) is 0 Å². The maximum atomic E-state index is 12.9. The Balaban J connectivity index is 2.47. The molecule has 1 unspecified atom stereocenters. The summed E-state index contributed by atoms with van der Waals surface area (Å²) in [4.78, 5) is 15.0. The van der Waals surface area contributed by atoms with Gasteiger partial charge in [0.2, 0.25) is 0 Å². The van der Waals surface area contributed by atoms with E-state index >= 15 is 0 Å². The van der Waals surface area contributed by atoms with Crippen molar-refractivity contribution < 1.29 is 22.5 Å². The third-order valence-electron chi connectivity index (χ3n) is 5.33. The van der Waals surface area contributed by atoms with Crippen LogP contribution in [0.15, 0.2) is 28.8 Å². The van der Waals surface area contributed by atoms with Gasteiger partial charge in [-0.05, 0) is 45.4 Å². The molecule has 0 fully saturated rings. The van der Waals surface area contributed by atoms with Crippen LogP contribution in [0.1, 0.15) is 63.2 Å². The number of hydrogen-bond donors (Lipinski definition) is 1. The molecule has 0 saturated heterocycles. The van der Waals surface area contributed by atoms with Crippen LogP contribution in [0.5, 0.6) is 0 Å². The van der Waals surface area contributed by atoms with Crippen molar-refractivity contribution in [3.05, 3.63) is 41.1 Å². The summed E-state index contributed by atoms with van der Waals surface area (Å²) in [5.74, 6) is 0.194. The van der Waals surface area contributed by atoms with E-state index in [4.69, 9.17) is 4.52 Å². The second-order valence-corrected chi connectivity index (χ2v) is 8.08. The maximum Gasteiger partial charge on any atom is 0.416 e. The Morgan fingerprint density at radius 2 is 1.73 bits per heavy atom. The number of carbonyl (C=O) groups excluding carboxylic acids is 1. The lowest BCUT2D eigenvalue weighted by molar-refractivity contribution is -0.137. The smallest absolute Gasteiger partial charge is 0.355 e. The Bertz CT molecular complexity index is 842. The molecule has 0 aliphatic carbocycles. The second kappa shape index (κ2) is 9.64. The second-order valence-electron chi connectivity index (χ2n) is 8.08. The first-order valence-electron chi connectivity index (χ1n) is 10.2. The molecule has 1 N–H and O–H groups in total. The van der Waals surface area contributed by atoms with Crippen molar-refractivity contribution in [2.24, 2.45) is 5.92 Å². The van der Waals surface area contributed by atoms with Crippen molar-refractivity contribution in [2.45, 2.75) is 66.3 Å². The topological polar surface area (TPSA) is 58.4 Å². The van der Waals surface area contributed by atoms with Gasteiger partial charge in [0, 0.05) is 29.8 Å². The van der Waals surface area contributed by atoms with Crippen LogP contribution in [0.25, 0.3) is 11.3 Å². The van der Waals surface area contributed by atoms with Gasteiger partial charge < -0.3 is 9.84 Å². The zero-order valence-corrected chi connectivity index (χ0v) is 18.3. The first-order valence-corrected chi connectivity index (χ1v) is 10.2. The SMILES string of the molecule is CCN(Cc1c(C(=O)NC(C)C(C)C)noc1-c1ccc(C(F)(F)F)cc1)C(C)C. The molecular formula is C22H30F3N3O2. The Hall–Kier alpha value is -2.35. The monoisotopic (exact) mass is 425 g/mol. The normalized spacial score (nSPS) is 13.3. The fraction of sp³-hybridized carbons (Fsp3) is 0.545. The number of halogens is 3. The van der Waals surface area contributed by atoms with Gasteiger partial charge in [0.1, 0.15) is 0 Å². The largest absolute Gasteiger partial charge is 0.416 e. The predicted octanol–water partition coefficient (Wildman–Crippen LogP) is 5.37. The van der Waals surface area contributed by atoms with Crippen LogP contribution < -0.4 is 5.32 Å². The number of rotatable bonds is 8. The van der Waals surface area contributed by atoms with Gasteiger partial charge >= 0.3 is 6.18 Å². The fourth-order valence-electron chi connectivity index (χ4n) is 2.98. The highest BCUT2D eigenvalue weighted by atomic mass is 19.4. The Morgan fingerprint density at radius 1 is 1.13 bits per heavy atom. The molecule has 5 nitrogen and oxygen atoms in total. The van der Waals surface area contributed by atoms with Crippen molar-refractivity contribution in [2.75, 3.05) is 6.54 Å². The van der Waals surface area contributed by atoms with Crippen molar-refractivity contribution in [3.8, 4) is 11.3 Å². The number of benzene rings is 1. The summed E-state index contributed by atoms with van der Waals surface area (Å²) in [7, 11) is 0. The minimum absolute atomic E-state index is 0.0658. The third kappa shape index (κ3) is 5.62. The van der Waals surface area contributed by atoms with E-state index in [-0.39, 0.29) is 29.6 Å². The number of nitrogens with one attached hydrogen (secondary N) is 1. The first-order chi connectivity index (χ1) is 14.0. The summed E-state index contributed by atoms with van der Waals surface area (Å²) in [5.41, 5.74) is 0.435. The number of alkyl halides is 3. The molecule has 0 bridgehead atoms. The standard InChI is InChI=1S/C22H30F3N3O2/c1-7-28(14(4)5)12-18-19(21(29)26-15(6)13(2)3)27-30-20(18)16-8-10-17(11-9-16)22(23,24)25/h8-11,13-15H,7,12H2,1-6H3,(H,26,29). The average molecular weight is 425 g/mol. The molecule has 1 atom stereocenters. The predicted molar refractivity (Wildman–Crippen MR) is 110 cm³/mol. The highest BCUT2D eigenvalue weighted by molar-refractivity contribution is 5.95. The number of aromatic nitrogens is 1. The zero-order chi connectivity index (χ0) is 22.6. The Morgan fingerprint density at radius 3 is 2.20 bits per heavy atom. The van der Waals surface area contributed by atoms with Gasteiger partial charge in [-0.3, -0.25) is 9.69 Å². The Labute approximate surface area is 175 Å². The molecule has 1 amide bonds. The molecule has 2 rings (SSSR count). The molecule has 1 heterocycles. The van der Waals surface area contributed by atoms with E-state index in [1.165, 1.54) is 12.1 Å². The van der Waals surface area contributed by atoms with Crippen LogP contribution in [0.3, 0.4) is 0 Å². The van der Waals surface area contributed by atoms with Gasteiger partial charge in [-0.1, -0.05) is 38.1 Å². The molecule has 1 aromatic heterocycles. The molecule has 0 spiro atoms. The van der Waals surface area contributed by atoms with Crippen LogP contribution in [0, 0.1) is 5.92 Å². The van der Waals surface area contributed by atoms with Gasteiger partial charge in [-0.25, -0.2) is 0 Å². The van der Waals surface area contributed by atoms with Crippen LogP contribution in [0.4, 0.5) is 13.2 Å². The summed E-state index contributed by atoms with van der Waals surface area (Å²) >= 11 is 0. The molecule has 0 radical (unpaired) electrons. The molecule has 0 aliphatic heterocycles. The van der Waals surface area contributed by atoms with Gasteiger partial charge in [0.15, 0.2) is 11.5 Å². The number of hydrogen-bond acceptors (Lipinski definition) is 4. The molecule has 0 aliphatic rings. The lowest BCUT2D eigenvalue weighted by Gasteiger charge is -2.25. The van der Waals surface area contributed by atoms with Crippen LogP contribution in [-0.4, -0.2) is 34.6 Å². The van der Waals surface area contributed by atoms with Gasteiger partial charge in [-0.15, -0.1) is 0 Å². The van der Waals surface area contributed by atoms with E-state index in [9.17, 15) is 18.0 Å². The van der Waals surface area contributed by atoms with Gasteiger partial charge in [0.25, 0.3) is 5.91 Å². The van der Waals surface area contributed by atoms with Crippen LogP contribution in [-0.2, 0) is 12.7 Å². The summed E-state index contributed by atoms with van der Waals surface area (Å²) in [5, 5.41) is 6.91. The molecule has 30 heavy (non-hydrogen) atoms. The molecule has 8 heteroatoms. The maximum absolute atomic E-state index is 12.9. The van der Waals surface area contributed by atoms with Crippen LogP contribution in [0.2, 0.25) is 0 Å². The van der Waals surface area contributed by atoms with Gasteiger partial charge in [-0.2, -0.15) is 13.2 Å². The van der Waals surface area contributed by atoms with E-state index < -0.39 is 11.7 Å². The van der Waals surface area contributed by atoms with Crippen LogP contribution >= 0.6 is 0 Å². The van der Waals surface area contributed by atoms with Crippen molar-refractivity contribution >= 4 is 5.91 Å². The molecule has 1 aromatic carbocycles. The highest BCUT2D eigenvalue weighted by Gasteiger charge is 2.31. The Kier molecular flexibility index (Phi) is 7.69. The zero-order valence-electron chi connectivity index (χ0n) is 18.3. The average Bonchev–Trinajstić information content (AvgIpc) is 3.08. The lowest BCUT2D eigenvalue weighted by Crippen LogP contribution is -2.37.